The standard InChI is InChI=1S/C9H15N5O2/c1-13(4-3-8(10)12-16)9(15)7-5-11-6-14(7)2/h5-6,16H,3-4H2,1-2H3,(H2,10,12). The first kappa shape index (κ1) is 12.0. The van der Waals surface area contributed by atoms with E-state index in [2.05, 4.69) is 10.1 Å². The zero-order valence-corrected chi connectivity index (χ0v) is 9.29. The Hall–Kier alpha value is -2.05. The van der Waals surface area contributed by atoms with E-state index in [0.29, 0.717) is 18.7 Å². The molecule has 3 N–H and O–H groups in total. The Balaban J connectivity index is 2.58. The molecule has 0 bridgehead atoms. The van der Waals surface area contributed by atoms with E-state index < -0.39 is 0 Å². The number of carbonyl (C=O) groups is 1. The van der Waals surface area contributed by atoms with E-state index in [1.807, 2.05) is 0 Å². The van der Waals surface area contributed by atoms with E-state index in [1.165, 1.54) is 11.1 Å². The van der Waals surface area contributed by atoms with Crippen molar-refractivity contribution in [3.8, 4) is 0 Å². The number of hydrogen-bond donors (Lipinski definition) is 2. The van der Waals surface area contributed by atoms with E-state index in [9.17, 15) is 4.79 Å². The molecule has 7 heteroatoms. The van der Waals surface area contributed by atoms with Gasteiger partial charge in [-0.25, -0.2) is 4.98 Å². The smallest absolute Gasteiger partial charge is 0.271 e. The van der Waals surface area contributed by atoms with Crippen LogP contribution in [0.15, 0.2) is 17.7 Å². The maximum atomic E-state index is 11.8. The first-order chi connectivity index (χ1) is 7.56. The molecule has 0 saturated heterocycles. The highest BCUT2D eigenvalue weighted by molar-refractivity contribution is 5.92. The van der Waals surface area contributed by atoms with Crippen LogP contribution in [-0.4, -0.2) is 45.0 Å². The summed E-state index contributed by atoms with van der Waals surface area (Å²) in [5.74, 6) is -0.0459. The maximum Gasteiger partial charge on any atom is 0.271 e. The third-order valence-corrected chi connectivity index (χ3v) is 2.21. The molecule has 0 aliphatic rings. The molecule has 0 radical (unpaired) electrons. The minimum Gasteiger partial charge on any atom is -0.409 e. The lowest BCUT2D eigenvalue weighted by Gasteiger charge is -2.16. The van der Waals surface area contributed by atoms with Gasteiger partial charge in [-0.2, -0.15) is 0 Å². The van der Waals surface area contributed by atoms with Gasteiger partial charge in [-0.15, -0.1) is 0 Å². The summed E-state index contributed by atoms with van der Waals surface area (Å²) in [6, 6.07) is 0. The minimum absolute atomic E-state index is 0.102. The van der Waals surface area contributed by atoms with Crippen molar-refractivity contribution in [1.82, 2.24) is 14.5 Å². The highest BCUT2D eigenvalue weighted by atomic mass is 16.4. The Kier molecular flexibility index (Phi) is 3.87. The van der Waals surface area contributed by atoms with Gasteiger partial charge in [0.25, 0.3) is 5.91 Å². The van der Waals surface area contributed by atoms with Crippen LogP contribution < -0.4 is 5.73 Å². The Morgan fingerprint density at radius 1 is 1.75 bits per heavy atom. The van der Waals surface area contributed by atoms with Crippen LogP contribution in [0.5, 0.6) is 0 Å². The molecule has 7 nitrogen and oxygen atoms in total. The summed E-state index contributed by atoms with van der Waals surface area (Å²) in [4.78, 5) is 17.2. The van der Waals surface area contributed by atoms with Gasteiger partial charge >= 0.3 is 0 Å². The van der Waals surface area contributed by atoms with Crippen LogP contribution in [0.1, 0.15) is 16.9 Å². The number of hydrogen-bond acceptors (Lipinski definition) is 4. The Morgan fingerprint density at radius 3 is 2.94 bits per heavy atom. The monoisotopic (exact) mass is 225 g/mol. The van der Waals surface area contributed by atoms with Crippen LogP contribution >= 0.6 is 0 Å². The zero-order valence-electron chi connectivity index (χ0n) is 9.29. The van der Waals surface area contributed by atoms with Gasteiger partial charge in [0, 0.05) is 27.1 Å². The van der Waals surface area contributed by atoms with Crippen molar-refractivity contribution < 1.29 is 10.0 Å². The molecular weight excluding hydrogens is 210 g/mol. The second-order valence-corrected chi connectivity index (χ2v) is 3.46. The van der Waals surface area contributed by atoms with Crippen LogP contribution in [0.4, 0.5) is 0 Å². The predicted octanol–water partition coefficient (Wildman–Crippen LogP) is -0.371. The van der Waals surface area contributed by atoms with Crippen molar-refractivity contribution in [3.05, 3.63) is 18.2 Å². The Morgan fingerprint density at radius 2 is 2.44 bits per heavy atom. The number of amides is 1. The molecule has 0 aliphatic heterocycles. The van der Waals surface area contributed by atoms with Crippen molar-refractivity contribution in [3.63, 3.8) is 0 Å². The molecular formula is C9H15N5O2. The number of oxime groups is 1. The number of imidazole rings is 1. The largest absolute Gasteiger partial charge is 0.409 e. The molecule has 1 amide bonds. The van der Waals surface area contributed by atoms with Gasteiger partial charge in [-0.05, 0) is 0 Å². The Labute approximate surface area is 93.2 Å². The molecule has 1 aromatic heterocycles. The van der Waals surface area contributed by atoms with Gasteiger partial charge in [0.15, 0.2) is 0 Å². The lowest BCUT2D eigenvalue weighted by Crippen LogP contribution is -2.31. The number of aromatic nitrogens is 2. The first-order valence-corrected chi connectivity index (χ1v) is 4.74. The average molecular weight is 225 g/mol. The molecule has 0 atom stereocenters. The topological polar surface area (TPSA) is 96.7 Å². The second kappa shape index (κ2) is 5.15. The number of nitrogens with two attached hydrogens (primary N) is 1. The fourth-order valence-electron chi connectivity index (χ4n) is 1.19. The van der Waals surface area contributed by atoms with E-state index in [-0.39, 0.29) is 11.7 Å². The number of amidine groups is 1. The molecule has 1 rings (SSSR count). The molecule has 0 aromatic carbocycles. The number of aryl methyl sites for hydroxylation is 1. The summed E-state index contributed by atoms with van der Waals surface area (Å²) in [5, 5.41) is 11.2. The molecule has 16 heavy (non-hydrogen) atoms. The van der Waals surface area contributed by atoms with Crippen LogP contribution in [0.25, 0.3) is 0 Å². The molecule has 1 aromatic rings. The molecule has 0 aliphatic carbocycles. The number of rotatable bonds is 4. The van der Waals surface area contributed by atoms with Crippen LogP contribution in [-0.2, 0) is 7.05 Å². The van der Waals surface area contributed by atoms with Gasteiger partial charge in [0.2, 0.25) is 0 Å². The fourth-order valence-corrected chi connectivity index (χ4v) is 1.19. The number of carbonyl (C=O) groups excluding carboxylic acids is 1. The van der Waals surface area contributed by atoms with E-state index in [0.717, 1.165) is 0 Å². The lowest BCUT2D eigenvalue weighted by atomic mass is 10.3. The van der Waals surface area contributed by atoms with Crippen LogP contribution in [0.3, 0.4) is 0 Å². The molecule has 0 spiro atoms. The van der Waals surface area contributed by atoms with Crippen LogP contribution in [0, 0.1) is 0 Å². The van der Waals surface area contributed by atoms with Crippen molar-refractivity contribution in [2.75, 3.05) is 13.6 Å². The SMILES string of the molecule is CN(CCC(N)=NO)C(=O)c1cncn1C. The molecule has 0 fully saturated rings. The van der Waals surface area contributed by atoms with Gasteiger partial charge in [-0.3, -0.25) is 4.79 Å². The normalized spacial score (nSPS) is 11.5. The molecule has 0 saturated carbocycles. The minimum atomic E-state index is -0.147. The second-order valence-electron chi connectivity index (χ2n) is 3.46. The summed E-state index contributed by atoms with van der Waals surface area (Å²) in [7, 11) is 3.40. The highest BCUT2D eigenvalue weighted by Gasteiger charge is 2.14. The molecule has 88 valence electrons. The predicted molar refractivity (Wildman–Crippen MR) is 58.2 cm³/mol. The van der Waals surface area contributed by atoms with Gasteiger partial charge in [0.05, 0.1) is 12.5 Å². The quantitative estimate of drug-likeness (QED) is 0.316. The first-order valence-electron chi connectivity index (χ1n) is 4.74. The van der Waals surface area contributed by atoms with Crippen LogP contribution in [0.2, 0.25) is 0 Å². The van der Waals surface area contributed by atoms with Crippen molar-refractivity contribution in [2.45, 2.75) is 6.42 Å². The third-order valence-electron chi connectivity index (χ3n) is 2.21. The molecule has 0 unspecified atom stereocenters. The van der Waals surface area contributed by atoms with E-state index in [1.54, 1.807) is 25.0 Å². The van der Waals surface area contributed by atoms with Crippen molar-refractivity contribution >= 4 is 11.7 Å². The Bertz CT molecular complexity index is 398. The van der Waals surface area contributed by atoms with Crippen molar-refractivity contribution in [2.24, 2.45) is 17.9 Å². The average Bonchev–Trinajstić information content (AvgIpc) is 2.70. The third kappa shape index (κ3) is 2.72. The van der Waals surface area contributed by atoms with E-state index in [4.69, 9.17) is 10.9 Å². The van der Waals surface area contributed by atoms with Gasteiger partial charge < -0.3 is 20.4 Å². The van der Waals surface area contributed by atoms with Gasteiger partial charge in [-0.1, -0.05) is 5.16 Å². The van der Waals surface area contributed by atoms with Crippen molar-refractivity contribution in [1.29, 1.82) is 0 Å². The van der Waals surface area contributed by atoms with Gasteiger partial charge in [0.1, 0.15) is 11.5 Å². The summed E-state index contributed by atoms with van der Waals surface area (Å²) in [6.07, 6.45) is 3.39. The summed E-state index contributed by atoms with van der Waals surface area (Å²) in [5.41, 5.74) is 5.82. The lowest BCUT2D eigenvalue weighted by molar-refractivity contribution is 0.0789. The molecule has 1 heterocycles. The fraction of sp³-hybridized carbons (Fsp3) is 0.444. The summed E-state index contributed by atoms with van der Waals surface area (Å²) >= 11 is 0. The summed E-state index contributed by atoms with van der Waals surface area (Å²) in [6.45, 7) is 0.389. The highest BCUT2D eigenvalue weighted by Crippen LogP contribution is 2.02. The summed E-state index contributed by atoms with van der Waals surface area (Å²) < 4.78 is 1.64. The maximum absolute atomic E-state index is 11.8. The zero-order chi connectivity index (χ0) is 12.1. The number of nitrogens with zero attached hydrogens (tertiary/aromatic N) is 4. The van der Waals surface area contributed by atoms with E-state index >= 15 is 0 Å².